The number of aromatic nitrogens is 2. The van der Waals surface area contributed by atoms with E-state index < -0.39 is 0 Å². The van der Waals surface area contributed by atoms with E-state index in [1.54, 1.807) is 11.8 Å². The lowest BCUT2D eigenvalue weighted by Crippen LogP contribution is -2.20. The number of esters is 1. The fraction of sp³-hybridized carbons (Fsp3) is 0.621. The summed E-state index contributed by atoms with van der Waals surface area (Å²) < 4.78 is 5.63. The van der Waals surface area contributed by atoms with Crippen LogP contribution in [0.25, 0.3) is 11.4 Å². The Labute approximate surface area is 210 Å². The molecule has 5 heteroatoms. The Morgan fingerprint density at radius 1 is 0.882 bits per heavy atom. The van der Waals surface area contributed by atoms with Gasteiger partial charge >= 0.3 is 5.97 Å². The fourth-order valence-electron chi connectivity index (χ4n) is 4.54. The standard InChI is InChI=1S/C29H42N2O2S/c1-3-5-6-7-8-9-10-11-12-14-23-21-30-28(31-22-23)24-15-17-25(18-16-24)33-29(32)27-20-19-26(34-27)13-4-2/h15-18,21-22,26-27H,3-14,19-20H2,1-2H3. The Morgan fingerprint density at radius 3 is 2.18 bits per heavy atom. The Balaban J connectivity index is 1.37. The zero-order valence-electron chi connectivity index (χ0n) is 21.1. The number of ether oxygens (including phenoxy) is 1. The van der Waals surface area contributed by atoms with Gasteiger partial charge in [-0.25, -0.2) is 9.97 Å². The highest BCUT2D eigenvalue weighted by Crippen LogP contribution is 2.37. The number of unbranched alkanes of at least 4 members (excludes halogenated alkanes) is 8. The molecule has 2 aromatic rings. The van der Waals surface area contributed by atoms with Crippen molar-refractivity contribution >= 4 is 17.7 Å². The maximum Gasteiger partial charge on any atom is 0.324 e. The van der Waals surface area contributed by atoms with Gasteiger partial charge in [-0.05, 0) is 61.9 Å². The second-order valence-corrected chi connectivity index (χ2v) is 11.1. The predicted molar refractivity (Wildman–Crippen MR) is 143 cm³/mol. The van der Waals surface area contributed by atoms with Crippen molar-refractivity contribution in [1.82, 2.24) is 9.97 Å². The lowest BCUT2D eigenvalue weighted by Gasteiger charge is -2.11. The van der Waals surface area contributed by atoms with Gasteiger partial charge in [-0.2, -0.15) is 0 Å². The van der Waals surface area contributed by atoms with Crippen molar-refractivity contribution < 1.29 is 9.53 Å². The molecule has 0 N–H and O–H groups in total. The first kappa shape index (κ1) is 26.7. The van der Waals surface area contributed by atoms with Gasteiger partial charge < -0.3 is 4.74 Å². The summed E-state index contributed by atoms with van der Waals surface area (Å²) in [5, 5.41) is 0.572. The summed E-state index contributed by atoms with van der Waals surface area (Å²) in [7, 11) is 0. The van der Waals surface area contributed by atoms with Crippen LogP contribution in [0, 0.1) is 0 Å². The van der Waals surface area contributed by atoms with Crippen molar-refractivity contribution in [3.05, 3.63) is 42.2 Å². The first-order valence-electron chi connectivity index (χ1n) is 13.5. The summed E-state index contributed by atoms with van der Waals surface area (Å²) in [6.45, 7) is 4.47. The lowest BCUT2D eigenvalue weighted by atomic mass is 10.1. The molecule has 186 valence electrons. The van der Waals surface area contributed by atoms with Crippen LogP contribution in [0.2, 0.25) is 0 Å². The molecule has 0 radical (unpaired) electrons. The van der Waals surface area contributed by atoms with Gasteiger partial charge in [0.1, 0.15) is 11.0 Å². The van der Waals surface area contributed by atoms with Gasteiger partial charge in [0.15, 0.2) is 5.82 Å². The largest absolute Gasteiger partial charge is 0.426 e. The third-order valence-corrected chi connectivity index (χ3v) is 8.20. The third-order valence-electron chi connectivity index (χ3n) is 6.59. The first-order valence-corrected chi connectivity index (χ1v) is 14.4. The van der Waals surface area contributed by atoms with Gasteiger partial charge in [-0.15, -0.1) is 11.8 Å². The summed E-state index contributed by atoms with van der Waals surface area (Å²) in [5.74, 6) is 1.19. The van der Waals surface area contributed by atoms with Gasteiger partial charge in [0.2, 0.25) is 0 Å². The van der Waals surface area contributed by atoms with Crippen molar-refractivity contribution in [2.75, 3.05) is 0 Å². The maximum absolute atomic E-state index is 12.5. The number of aryl methyl sites for hydroxylation is 1. The van der Waals surface area contributed by atoms with Gasteiger partial charge in [-0.1, -0.05) is 71.6 Å². The van der Waals surface area contributed by atoms with Crippen LogP contribution in [0.3, 0.4) is 0 Å². The van der Waals surface area contributed by atoms with E-state index in [0.717, 1.165) is 24.8 Å². The van der Waals surface area contributed by atoms with Crippen molar-refractivity contribution in [3.63, 3.8) is 0 Å². The number of hydrogen-bond donors (Lipinski definition) is 0. The Bertz CT molecular complexity index is 838. The molecule has 1 saturated heterocycles. The van der Waals surface area contributed by atoms with E-state index in [0.29, 0.717) is 16.8 Å². The van der Waals surface area contributed by atoms with E-state index in [2.05, 4.69) is 23.8 Å². The minimum atomic E-state index is -0.117. The molecule has 1 aromatic carbocycles. The molecule has 0 aliphatic carbocycles. The number of carbonyl (C=O) groups is 1. The average Bonchev–Trinajstić information content (AvgIpc) is 3.33. The van der Waals surface area contributed by atoms with Crippen LogP contribution < -0.4 is 4.74 Å². The number of rotatable bonds is 15. The molecule has 4 nitrogen and oxygen atoms in total. The highest BCUT2D eigenvalue weighted by atomic mass is 32.2. The van der Waals surface area contributed by atoms with Gasteiger partial charge in [-0.3, -0.25) is 4.79 Å². The molecule has 0 amide bonds. The zero-order chi connectivity index (χ0) is 24.0. The number of thioether (sulfide) groups is 1. The molecule has 2 unspecified atom stereocenters. The maximum atomic E-state index is 12.5. The van der Waals surface area contributed by atoms with E-state index in [4.69, 9.17) is 4.74 Å². The van der Waals surface area contributed by atoms with Crippen LogP contribution in [0.1, 0.15) is 103 Å². The Hall–Kier alpha value is -1.88. The molecular weight excluding hydrogens is 440 g/mol. The van der Waals surface area contributed by atoms with Crippen LogP contribution in [0.15, 0.2) is 36.7 Å². The number of nitrogens with zero attached hydrogens (tertiary/aromatic N) is 2. The molecule has 2 heterocycles. The van der Waals surface area contributed by atoms with E-state index in [-0.39, 0.29) is 11.2 Å². The van der Waals surface area contributed by atoms with Gasteiger partial charge in [0.25, 0.3) is 0 Å². The summed E-state index contributed by atoms with van der Waals surface area (Å²) in [5.41, 5.74) is 2.14. The van der Waals surface area contributed by atoms with Crippen LogP contribution in [0.5, 0.6) is 5.75 Å². The van der Waals surface area contributed by atoms with E-state index in [1.165, 1.54) is 76.2 Å². The second-order valence-electron chi connectivity index (χ2n) is 9.55. The van der Waals surface area contributed by atoms with E-state index in [9.17, 15) is 4.79 Å². The predicted octanol–water partition coefficient (Wildman–Crippen LogP) is 8.19. The van der Waals surface area contributed by atoms with E-state index in [1.807, 2.05) is 36.7 Å². The van der Waals surface area contributed by atoms with Gasteiger partial charge in [0.05, 0.1) is 0 Å². The van der Waals surface area contributed by atoms with Crippen LogP contribution in [-0.4, -0.2) is 26.4 Å². The summed E-state index contributed by atoms with van der Waals surface area (Å²) >= 11 is 1.78. The molecule has 3 rings (SSSR count). The summed E-state index contributed by atoms with van der Waals surface area (Å²) in [6, 6.07) is 7.55. The molecule has 1 aliphatic rings. The highest BCUT2D eigenvalue weighted by molar-refractivity contribution is 8.01. The Morgan fingerprint density at radius 2 is 1.53 bits per heavy atom. The molecule has 2 atom stereocenters. The molecule has 0 bridgehead atoms. The highest BCUT2D eigenvalue weighted by Gasteiger charge is 2.31. The lowest BCUT2D eigenvalue weighted by molar-refractivity contribution is -0.133. The molecular formula is C29H42N2O2S. The third kappa shape index (κ3) is 9.05. The average molecular weight is 483 g/mol. The summed E-state index contributed by atoms with van der Waals surface area (Å²) in [4.78, 5) is 21.6. The van der Waals surface area contributed by atoms with Crippen LogP contribution in [-0.2, 0) is 11.2 Å². The van der Waals surface area contributed by atoms with Crippen molar-refractivity contribution in [2.45, 2.75) is 114 Å². The summed E-state index contributed by atoms with van der Waals surface area (Å²) in [6.07, 6.45) is 21.4. The SMILES string of the molecule is CCCCCCCCCCCc1cnc(-c2ccc(OC(=O)C3CCC(CCC)S3)cc2)nc1. The topological polar surface area (TPSA) is 52.1 Å². The Kier molecular flexibility index (Phi) is 11.9. The molecule has 0 saturated carbocycles. The number of hydrogen-bond acceptors (Lipinski definition) is 5. The van der Waals surface area contributed by atoms with Crippen LogP contribution in [0.4, 0.5) is 0 Å². The number of carbonyl (C=O) groups excluding carboxylic acids is 1. The first-order chi connectivity index (χ1) is 16.7. The van der Waals surface area contributed by atoms with Gasteiger partial charge in [0, 0.05) is 23.2 Å². The normalized spacial score (nSPS) is 17.7. The smallest absolute Gasteiger partial charge is 0.324 e. The minimum absolute atomic E-state index is 0.0297. The molecule has 0 spiro atoms. The molecule has 1 fully saturated rings. The number of benzene rings is 1. The quantitative estimate of drug-likeness (QED) is 0.145. The minimum Gasteiger partial charge on any atom is -0.426 e. The molecule has 1 aromatic heterocycles. The zero-order valence-corrected chi connectivity index (χ0v) is 22.0. The monoisotopic (exact) mass is 482 g/mol. The van der Waals surface area contributed by atoms with Crippen LogP contribution >= 0.6 is 11.8 Å². The van der Waals surface area contributed by atoms with Crippen molar-refractivity contribution in [3.8, 4) is 17.1 Å². The molecule has 34 heavy (non-hydrogen) atoms. The second kappa shape index (κ2) is 15.2. The van der Waals surface area contributed by atoms with E-state index >= 15 is 0 Å². The van der Waals surface area contributed by atoms with Crippen molar-refractivity contribution in [1.29, 1.82) is 0 Å². The van der Waals surface area contributed by atoms with Crippen molar-refractivity contribution in [2.24, 2.45) is 0 Å². The molecule has 1 aliphatic heterocycles. The fourth-order valence-corrected chi connectivity index (χ4v) is 6.08.